The van der Waals surface area contributed by atoms with Crippen LogP contribution >= 0.6 is 0 Å². The lowest BCUT2D eigenvalue weighted by Gasteiger charge is -2.28. The van der Waals surface area contributed by atoms with Crippen LogP contribution in [-0.4, -0.2) is 36.6 Å². The van der Waals surface area contributed by atoms with Crippen LogP contribution in [0.4, 0.5) is 0 Å². The van der Waals surface area contributed by atoms with Gasteiger partial charge in [0.25, 0.3) is 0 Å². The Morgan fingerprint density at radius 2 is 2.33 bits per heavy atom. The minimum atomic E-state index is 0.790. The van der Waals surface area contributed by atoms with Crippen molar-refractivity contribution in [3.8, 4) is 0 Å². The summed E-state index contributed by atoms with van der Waals surface area (Å²) in [4.78, 5) is 2.68. The predicted molar refractivity (Wildman–Crippen MR) is 51.3 cm³/mol. The van der Waals surface area contributed by atoms with Gasteiger partial charge in [-0.3, -0.25) is 4.90 Å². The molecule has 2 unspecified atom stereocenters. The average Bonchev–Trinajstić information content (AvgIpc) is 2.47. The number of nitrogens with one attached hydrogen (secondary N) is 1. The van der Waals surface area contributed by atoms with Crippen LogP contribution in [0.3, 0.4) is 0 Å². The molecule has 2 fully saturated rings. The molecule has 0 amide bonds. The molecule has 2 heteroatoms. The molecule has 0 aliphatic carbocycles. The molecule has 0 spiro atoms. The van der Waals surface area contributed by atoms with E-state index >= 15 is 0 Å². The number of piperidine rings is 1. The molecule has 0 bridgehead atoms. The van der Waals surface area contributed by atoms with E-state index in [0.29, 0.717) is 0 Å². The minimum Gasteiger partial charge on any atom is -0.313 e. The Hall–Kier alpha value is -0.0800. The maximum absolute atomic E-state index is 3.56. The summed E-state index contributed by atoms with van der Waals surface area (Å²) in [5, 5.41) is 3.56. The molecule has 0 saturated carbocycles. The van der Waals surface area contributed by atoms with Crippen molar-refractivity contribution in [1.29, 1.82) is 0 Å². The summed E-state index contributed by atoms with van der Waals surface area (Å²) in [6.45, 7) is 5.99. The van der Waals surface area contributed by atoms with Crippen molar-refractivity contribution in [3.63, 3.8) is 0 Å². The molecule has 0 aromatic rings. The van der Waals surface area contributed by atoms with Gasteiger partial charge in [-0.25, -0.2) is 0 Å². The molecule has 2 heterocycles. The third-order valence-corrected chi connectivity index (χ3v) is 3.25. The van der Waals surface area contributed by atoms with Crippen LogP contribution in [0, 0.1) is 0 Å². The zero-order valence-electron chi connectivity index (χ0n) is 8.05. The number of rotatable bonds is 2. The highest BCUT2D eigenvalue weighted by molar-refractivity contribution is 4.90. The lowest BCUT2D eigenvalue weighted by atomic mass is 10.0. The number of hydrogen-bond donors (Lipinski definition) is 1. The van der Waals surface area contributed by atoms with Crippen molar-refractivity contribution in [2.75, 3.05) is 19.6 Å². The summed E-state index contributed by atoms with van der Waals surface area (Å²) in [6, 6.07) is 1.71. The summed E-state index contributed by atoms with van der Waals surface area (Å²) in [5.74, 6) is 0. The van der Waals surface area contributed by atoms with E-state index in [1.807, 2.05) is 0 Å². The van der Waals surface area contributed by atoms with Gasteiger partial charge in [0.2, 0.25) is 0 Å². The van der Waals surface area contributed by atoms with Crippen molar-refractivity contribution in [2.45, 2.75) is 44.7 Å². The van der Waals surface area contributed by atoms with Crippen molar-refractivity contribution >= 4 is 0 Å². The van der Waals surface area contributed by atoms with E-state index in [0.717, 1.165) is 18.6 Å². The van der Waals surface area contributed by atoms with Gasteiger partial charge in [0, 0.05) is 18.6 Å². The van der Waals surface area contributed by atoms with Crippen molar-refractivity contribution in [1.82, 2.24) is 10.2 Å². The first-order valence-electron chi connectivity index (χ1n) is 5.37. The van der Waals surface area contributed by atoms with Crippen LogP contribution in [0.2, 0.25) is 0 Å². The summed E-state index contributed by atoms with van der Waals surface area (Å²) in [6.07, 6.45) is 5.73. The molecule has 2 rings (SSSR count). The van der Waals surface area contributed by atoms with E-state index in [2.05, 4.69) is 17.1 Å². The van der Waals surface area contributed by atoms with Crippen LogP contribution < -0.4 is 5.32 Å². The van der Waals surface area contributed by atoms with E-state index in [4.69, 9.17) is 0 Å². The third kappa shape index (κ3) is 1.64. The number of likely N-dealkylation sites (N-methyl/N-ethyl adjacent to an activating group) is 1. The van der Waals surface area contributed by atoms with Gasteiger partial charge < -0.3 is 5.32 Å². The average molecular weight is 168 g/mol. The quantitative estimate of drug-likeness (QED) is 0.667. The number of nitrogens with zero attached hydrogens (tertiary/aromatic N) is 1. The van der Waals surface area contributed by atoms with Crippen LogP contribution in [0.15, 0.2) is 0 Å². The maximum atomic E-state index is 3.56. The van der Waals surface area contributed by atoms with Crippen molar-refractivity contribution in [3.05, 3.63) is 0 Å². The van der Waals surface area contributed by atoms with Crippen molar-refractivity contribution < 1.29 is 0 Å². The predicted octanol–water partition coefficient (Wildman–Crippen LogP) is 1.22. The van der Waals surface area contributed by atoms with Gasteiger partial charge >= 0.3 is 0 Å². The molecule has 2 aliphatic rings. The Morgan fingerprint density at radius 1 is 1.42 bits per heavy atom. The van der Waals surface area contributed by atoms with Crippen LogP contribution in [0.25, 0.3) is 0 Å². The second kappa shape index (κ2) is 3.75. The summed E-state index contributed by atoms with van der Waals surface area (Å²) in [7, 11) is 0. The van der Waals surface area contributed by atoms with Gasteiger partial charge in [-0.05, 0) is 32.4 Å². The third-order valence-electron chi connectivity index (χ3n) is 3.25. The first kappa shape index (κ1) is 8.52. The maximum Gasteiger partial charge on any atom is 0.0209 e. The van der Waals surface area contributed by atoms with Gasteiger partial charge in [-0.1, -0.05) is 13.3 Å². The molecule has 70 valence electrons. The second-order valence-electron chi connectivity index (χ2n) is 4.13. The van der Waals surface area contributed by atoms with E-state index < -0.39 is 0 Å². The van der Waals surface area contributed by atoms with E-state index in [1.54, 1.807) is 0 Å². The zero-order chi connectivity index (χ0) is 8.39. The summed E-state index contributed by atoms with van der Waals surface area (Å²) < 4.78 is 0. The van der Waals surface area contributed by atoms with Gasteiger partial charge in [0.1, 0.15) is 0 Å². The van der Waals surface area contributed by atoms with Gasteiger partial charge in [0.05, 0.1) is 0 Å². The van der Waals surface area contributed by atoms with Crippen LogP contribution in [-0.2, 0) is 0 Å². The second-order valence-corrected chi connectivity index (χ2v) is 4.13. The largest absolute Gasteiger partial charge is 0.313 e. The Bertz CT molecular complexity index is 133. The minimum absolute atomic E-state index is 0.790. The molecule has 0 aromatic heterocycles. The molecule has 0 radical (unpaired) electrons. The lowest BCUT2D eigenvalue weighted by molar-refractivity contribution is 0.197. The Morgan fingerprint density at radius 3 is 3.08 bits per heavy atom. The van der Waals surface area contributed by atoms with E-state index in [-0.39, 0.29) is 0 Å². The molecule has 2 aliphatic heterocycles. The molecule has 1 N–H and O–H groups in total. The summed E-state index contributed by atoms with van der Waals surface area (Å²) >= 11 is 0. The fraction of sp³-hybridized carbons (Fsp3) is 1.00. The standard InChI is InChI=1S/C10H20N2/c1-2-11-9-7-10-5-3-4-6-12(10)8-9/h9-11H,2-8H2,1H3. The van der Waals surface area contributed by atoms with Crippen LogP contribution in [0.1, 0.15) is 32.6 Å². The van der Waals surface area contributed by atoms with Gasteiger partial charge in [-0.15, -0.1) is 0 Å². The highest BCUT2D eigenvalue weighted by Crippen LogP contribution is 2.26. The molecular formula is C10H20N2. The van der Waals surface area contributed by atoms with Crippen LogP contribution in [0.5, 0.6) is 0 Å². The molecule has 12 heavy (non-hydrogen) atoms. The molecule has 2 saturated heterocycles. The smallest absolute Gasteiger partial charge is 0.0209 e. The number of hydrogen-bond acceptors (Lipinski definition) is 2. The molecule has 2 atom stereocenters. The monoisotopic (exact) mass is 168 g/mol. The first-order chi connectivity index (χ1) is 5.90. The zero-order valence-corrected chi connectivity index (χ0v) is 8.05. The molecule has 0 aromatic carbocycles. The fourth-order valence-corrected chi connectivity index (χ4v) is 2.69. The highest BCUT2D eigenvalue weighted by atomic mass is 15.2. The molecular weight excluding hydrogens is 148 g/mol. The normalized spacial score (nSPS) is 36.8. The topological polar surface area (TPSA) is 15.3 Å². The van der Waals surface area contributed by atoms with Gasteiger partial charge in [0.15, 0.2) is 0 Å². The first-order valence-corrected chi connectivity index (χ1v) is 5.37. The Kier molecular flexibility index (Phi) is 2.66. The Balaban J connectivity index is 1.85. The highest BCUT2D eigenvalue weighted by Gasteiger charge is 2.32. The summed E-state index contributed by atoms with van der Waals surface area (Å²) in [5.41, 5.74) is 0. The van der Waals surface area contributed by atoms with E-state index in [1.165, 1.54) is 38.8 Å². The fourth-order valence-electron chi connectivity index (χ4n) is 2.69. The number of fused-ring (bicyclic) bond motifs is 1. The van der Waals surface area contributed by atoms with Crippen molar-refractivity contribution in [2.24, 2.45) is 0 Å². The van der Waals surface area contributed by atoms with Gasteiger partial charge in [-0.2, -0.15) is 0 Å². The lowest BCUT2D eigenvalue weighted by Crippen LogP contribution is -2.35. The SMILES string of the molecule is CCNC1CC2CCCCN2C1. The Labute approximate surface area is 75.3 Å². The molecule has 2 nitrogen and oxygen atoms in total. The van der Waals surface area contributed by atoms with E-state index in [9.17, 15) is 0 Å².